The maximum Gasteiger partial charge on any atom is 0.109 e. The Morgan fingerprint density at radius 3 is 2.94 bits per heavy atom. The molecule has 1 aliphatic rings. The van der Waals surface area contributed by atoms with Gasteiger partial charge < -0.3 is 19.5 Å². The third kappa shape index (κ3) is 6.38. The molecule has 0 saturated carbocycles. The van der Waals surface area contributed by atoms with Crippen molar-refractivity contribution in [2.45, 2.75) is 38.6 Å². The lowest BCUT2D eigenvalue weighted by Crippen LogP contribution is -2.34. The van der Waals surface area contributed by atoms with E-state index in [0.717, 1.165) is 51.2 Å². The summed E-state index contributed by atoms with van der Waals surface area (Å²) < 4.78 is 16.2. The van der Waals surface area contributed by atoms with Crippen molar-refractivity contribution in [3.05, 3.63) is 11.8 Å². The largest absolute Gasteiger partial charge is 0.497 e. The quantitative estimate of drug-likeness (QED) is 0.608. The molecule has 1 rings (SSSR count). The third-order valence-electron chi connectivity index (χ3n) is 2.93. The molecule has 106 valence electrons. The second kappa shape index (κ2) is 10.4. The van der Waals surface area contributed by atoms with Gasteiger partial charge in [0.2, 0.25) is 0 Å². The molecule has 0 aromatic rings. The van der Waals surface area contributed by atoms with Crippen LogP contribution in [0.2, 0.25) is 0 Å². The van der Waals surface area contributed by atoms with Gasteiger partial charge >= 0.3 is 0 Å². The highest BCUT2D eigenvalue weighted by Crippen LogP contribution is 2.16. The summed E-state index contributed by atoms with van der Waals surface area (Å²) in [6, 6.07) is 0.299. The first-order valence-corrected chi connectivity index (χ1v) is 7.01. The molecule has 0 aromatic heterocycles. The zero-order valence-corrected chi connectivity index (χ0v) is 11.7. The number of rotatable bonds is 10. The van der Waals surface area contributed by atoms with E-state index in [1.54, 1.807) is 7.11 Å². The molecule has 1 unspecified atom stereocenters. The van der Waals surface area contributed by atoms with Crippen LogP contribution in [0.5, 0.6) is 0 Å². The molecule has 1 aliphatic heterocycles. The Hall–Kier alpha value is -0.580. The molecule has 0 saturated heterocycles. The topological polar surface area (TPSA) is 39.7 Å². The minimum absolute atomic E-state index is 0.299. The Balaban J connectivity index is 2.28. The molecule has 1 atom stereocenters. The molecule has 0 aromatic carbocycles. The predicted molar refractivity (Wildman–Crippen MR) is 72.7 cm³/mol. The van der Waals surface area contributed by atoms with Crippen LogP contribution in [0, 0.1) is 0 Å². The molecule has 4 heteroatoms. The summed E-state index contributed by atoms with van der Waals surface area (Å²) in [6.45, 7) is 6.11. The van der Waals surface area contributed by atoms with Gasteiger partial charge in [0.15, 0.2) is 0 Å². The Bertz CT molecular complexity index is 231. The maximum absolute atomic E-state index is 5.73. The summed E-state index contributed by atoms with van der Waals surface area (Å²) in [7, 11) is 1.69. The predicted octanol–water partition coefficient (Wildman–Crippen LogP) is 2.10. The average Bonchev–Trinajstić information content (AvgIpc) is 2.43. The van der Waals surface area contributed by atoms with E-state index in [-0.39, 0.29) is 0 Å². The van der Waals surface area contributed by atoms with Gasteiger partial charge in [-0.25, -0.2) is 0 Å². The van der Waals surface area contributed by atoms with Gasteiger partial charge in [0.1, 0.15) is 5.76 Å². The molecule has 1 N–H and O–H groups in total. The van der Waals surface area contributed by atoms with Crippen molar-refractivity contribution >= 4 is 0 Å². The molecule has 0 radical (unpaired) electrons. The molecule has 18 heavy (non-hydrogen) atoms. The van der Waals surface area contributed by atoms with Crippen molar-refractivity contribution in [2.75, 3.05) is 40.1 Å². The van der Waals surface area contributed by atoms with Gasteiger partial charge in [0.25, 0.3) is 0 Å². The maximum atomic E-state index is 5.73. The molecule has 0 aliphatic carbocycles. The first kappa shape index (κ1) is 15.5. The number of hydrogen-bond donors (Lipinski definition) is 1. The Labute approximate surface area is 111 Å². The van der Waals surface area contributed by atoms with Gasteiger partial charge in [-0.3, -0.25) is 0 Å². The first-order valence-electron chi connectivity index (χ1n) is 7.01. The highest BCUT2D eigenvalue weighted by atomic mass is 16.5. The fourth-order valence-electron chi connectivity index (χ4n) is 1.93. The van der Waals surface area contributed by atoms with Crippen LogP contribution in [0.25, 0.3) is 0 Å². The van der Waals surface area contributed by atoms with Gasteiger partial charge in [0, 0.05) is 13.7 Å². The monoisotopic (exact) mass is 257 g/mol. The number of ether oxygens (including phenoxy) is 3. The number of allylic oxidation sites excluding steroid dienone is 1. The van der Waals surface area contributed by atoms with E-state index < -0.39 is 0 Å². The zero-order chi connectivity index (χ0) is 13.1. The summed E-state index contributed by atoms with van der Waals surface area (Å²) in [5, 5.41) is 3.53. The molecular weight excluding hydrogens is 230 g/mol. The second-order valence-electron chi connectivity index (χ2n) is 4.50. The highest BCUT2D eigenvalue weighted by Gasteiger charge is 2.16. The first-order chi connectivity index (χ1) is 8.88. The van der Waals surface area contributed by atoms with E-state index in [0.29, 0.717) is 19.3 Å². The normalized spacial score (nSPS) is 17.1. The molecule has 0 bridgehead atoms. The minimum atomic E-state index is 0.299. The van der Waals surface area contributed by atoms with Crippen molar-refractivity contribution < 1.29 is 14.2 Å². The zero-order valence-electron chi connectivity index (χ0n) is 11.7. The SMILES string of the molecule is CCCNC(CCOCCOC)C1=CCCCO1. The molecule has 1 heterocycles. The van der Waals surface area contributed by atoms with Gasteiger partial charge in [-0.1, -0.05) is 6.92 Å². The summed E-state index contributed by atoms with van der Waals surface area (Å²) in [5.41, 5.74) is 0. The van der Waals surface area contributed by atoms with Crippen LogP contribution in [0.3, 0.4) is 0 Å². The van der Waals surface area contributed by atoms with Crippen molar-refractivity contribution in [2.24, 2.45) is 0 Å². The van der Waals surface area contributed by atoms with Crippen LogP contribution in [0.1, 0.15) is 32.6 Å². The number of hydrogen-bond acceptors (Lipinski definition) is 4. The highest BCUT2D eigenvalue weighted by molar-refractivity contribution is 5.05. The molecule has 4 nitrogen and oxygen atoms in total. The fourth-order valence-corrected chi connectivity index (χ4v) is 1.93. The molecule has 0 amide bonds. The third-order valence-corrected chi connectivity index (χ3v) is 2.93. The van der Waals surface area contributed by atoms with E-state index in [4.69, 9.17) is 14.2 Å². The van der Waals surface area contributed by atoms with Crippen LogP contribution in [-0.2, 0) is 14.2 Å². The van der Waals surface area contributed by atoms with Crippen LogP contribution in [0.4, 0.5) is 0 Å². The van der Waals surface area contributed by atoms with Gasteiger partial charge in [-0.05, 0) is 38.3 Å². The summed E-state index contributed by atoms with van der Waals surface area (Å²) in [6.07, 6.45) is 6.56. The Morgan fingerprint density at radius 2 is 2.28 bits per heavy atom. The average molecular weight is 257 g/mol. The lowest BCUT2D eigenvalue weighted by Gasteiger charge is -2.24. The van der Waals surface area contributed by atoms with Gasteiger partial charge in [-0.15, -0.1) is 0 Å². The molecular formula is C14H27NO3. The molecule has 0 fully saturated rings. The smallest absolute Gasteiger partial charge is 0.109 e. The van der Waals surface area contributed by atoms with Crippen molar-refractivity contribution in [3.8, 4) is 0 Å². The van der Waals surface area contributed by atoms with Crippen molar-refractivity contribution in [1.82, 2.24) is 5.32 Å². The van der Waals surface area contributed by atoms with E-state index in [9.17, 15) is 0 Å². The molecule has 0 spiro atoms. The van der Waals surface area contributed by atoms with E-state index in [1.807, 2.05) is 0 Å². The minimum Gasteiger partial charge on any atom is -0.497 e. The summed E-state index contributed by atoms with van der Waals surface area (Å²) in [4.78, 5) is 0. The van der Waals surface area contributed by atoms with Crippen LogP contribution < -0.4 is 5.32 Å². The lowest BCUT2D eigenvalue weighted by atomic mass is 10.1. The van der Waals surface area contributed by atoms with E-state index >= 15 is 0 Å². The van der Waals surface area contributed by atoms with E-state index in [2.05, 4.69) is 18.3 Å². The number of methoxy groups -OCH3 is 1. The summed E-state index contributed by atoms with van der Waals surface area (Å²) >= 11 is 0. The Kier molecular flexibility index (Phi) is 8.90. The number of nitrogens with one attached hydrogen (secondary N) is 1. The lowest BCUT2D eigenvalue weighted by molar-refractivity contribution is 0.0629. The van der Waals surface area contributed by atoms with Gasteiger partial charge in [-0.2, -0.15) is 0 Å². The fraction of sp³-hybridized carbons (Fsp3) is 0.857. The standard InChI is InChI=1S/C14H27NO3/c1-3-8-15-13(7-10-17-12-11-16-2)14-6-4-5-9-18-14/h6,13,15H,3-5,7-12H2,1-2H3. The van der Waals surface area contributed by atoms with Crippen LogP contribution >= 0.6 is 0 Å². The van der Waals surface area contributed by atoms with Gasteiger partial charge in [0.05, 0.1) is 25.9 Å². The Morgan fingerprint density at radius 1 is 1.39 bits per heavy atom. The van der Waals surface area contributed by atoms with E-state index in [1.165, 1.54) is 0 Å². The van der Waals surface area contributed by atoms with Crippen molar-refractivity contribution in [1.29, 1.82) is 0 Å². The summed E-state index contributed by atoms with van der Waals surface area (Å²) in [5.74, 6) is 1.10. The van der Waals surface area contributed by atoms with Crippen LogP contribution in [-0.4, -0.2) is 46.1 Å². The second-order valence-corrected chi connectivity index (χ2v) is 4.50. The van der Waals surface area contributed by atoms with Crippen molar-refractivity contribution in [3.63, 3.8) is 0 Å². The van der Waals surface area contributed by atoms with Crippen LogP contribution in [0.15, 0.2) is 11.8 Å².